The van der Waals surface area contributed by atoms with Crippen molar-refractivity contribution in [3.05, 3.63) is 0 Å². The van der Waals surface area contributed by atoms with Crippen molar-refractivity contribution in [3.8, 4) is 0 Å². The molecule has 0 aromatic carbocycles. The van der Waals surface area contributed by atoms with Gasteiger partial charge in [-0.25, -0.2) is 0 Å². The van der Waals surface area contributed by atoms with E-state index in [1.165, 1.54) is 12.3 Å². The van der Waals surface area contributed by atoms with Crippen LogP contribution in [0.1, 0.15) is 48.5 Å². The van der Waals surface area contributed by atoms with Crippen LogP contribution in [0.3, 0.4) is 0 Å². The Hall–Kier alpha value is 0.270. The van der Waals surface area contributed by atoms with Crippen LogP contribution in [0, 0.1) is 0 Å². The molecule has 3 heteroatoms. The Labute approximate surface area is 112 Å². The maximum absolute atomic E-state index is 3.64. The van der Waals surface area contributed by atoms with E-state index in [0.29, 0.717) is 4.75 Å². The minimum absolute atomic E-state index is 0.252. The van der Waals surface area contributed by atoms with Crippen LogP contribution in [0.5, 0.6) is 0 Å². The topological polar surface area (TPSA) is 15.3 Å². The van der Waals surface area contributed by atoms with Crippen LogP contribution in [0.15, 0.2) is 0 Å². The molecule has 1 heterocycles. The number of piperazine rings is 1. The second kappa shape index (κ2) is 5.10. The van der Waals surface area contributed by atoms with E-state index >= 15 is 0 Å². The highest BCUT2D eigenvalue weighted by Gasteiger charge is 2.37. The molecule has 17 heavy (non-hydrogen) atoms. The molecule has 0 aliphatic carbocycles. The summed E-state index contributed by atoms with van der Waals surface area (Å²) in [6.07, 6.45) is 0. The van der Waals surface area contributed by atoms with E-state index in [-0.39, 0.29) is 11.1 Å². The van der Waals surface area contributed by atoms with Crippen molar-refractivity contribution < 1.29 is 0 Å². The molecule has 2 nitrogen and oxygen atoms in total. The molecule has 0 amide bonds. The number of rotatable bonds is 3. The molecule has 0 radical (unpaired) electrons. The van der Waals surface area contributed by atoms with E-state index in [1.807, 2.05) is 0 Å². The summed E-state index contributed by atoms with van der Waals surface area (Å²) in [5, 5.41) is 3.64. The molecule has 1 aliphatic rings. The van der Waals surface area contributed by atoms with Gasteiger partial charge in [-0.3, -0.25) is 4.90 Å². The minimum Gasteiger partial charge on any atom is -0.309 e. The van der Waals surface area contributed by atoms with Crippen LogP contribution in [0.2, 0.25) is 0 Å². The Morgan fingerprint density at radius 3 is 2.29 bits per heavy atom. The first-order chi connectivity index (χ1) is 7.52. The number of nitrogens with zero attached hydrogens (tertiary/aromatic N) is 1. The fourth-order valence-corrected chi connectivity index (χ4v) is 3.08. The van der Waals surface area contributed by atoms with Crippen LogP contribution >= 0.6 is 11.8 Å². The average Bonchev–Trinajstić information content (AvgIpc) is 2.10. The first-order valence-electron chi connectivity index (χ1n) is 6.66. The lowest BCUT2D eigenvalue weighted by Gasteiger charge is -2.49. The summed E-state index contributed by atoms with van der Waals surface area (Å²) in [5.41, 5.74) is 0.538. The van der Waals surface area contributed by atoms with Crippen LogP contribution in [0.4, 0.5) is 0 Å². The Morgan fingerprint density at radius 1 is 1.18 bits per heavy atom. The molecular weight excluding hydrogens is 228 g/mol. The summed E-state index contributed by atoms with van der Waals surface area (Å²) in [4.78, 5) is 2.64. The van der Waals surface area contributed by atoms with Crippen molar-refractivity contribution in [2.24, 2.45) is 0 Å². The van der Waals surface area contributed by atoms with Crippen LogP contribution in [-0.2, 0) is 0 Å². The fraction of sp³-hybridized carbons (Fsp3) is 1.00. The molecule has 0 saturated carbocycles. The van der Waals surface area contributed by atoms with Gasteiger partial charge in [-0.05, 0) is 27.7 Å². The SMILES string of the molecule is CC1(C)CN(CCSC(C)(C)C)C(C)(C)CN1. The van der Waals surface area contributed by atoms with Gasteiger partial charge in [0.05, 0.1) is 0 Å². The number of hydrogen-bond donors (Lipinski definition) is 1. The third kappa shape index (κ3) is 5.19. The van der Waals surface area contributed by atoms with E-state index in [9.17, 15) is 0 Å². The molecule has 1 aliphatic heterocycles. The Balaban J connectivity index is 2.49. The third-order valence-corrected chi connectivity index (χ3v) is 4.59. The van der Waals surface area contributed by atoms with Gasteiger partial charge in [0.2, 0.25) is 0 Å². The zero-order valence-corrected chi connectivity index (χ0v) is 13.5. The van der Waals surface area contributed by atoms with Crippen molar-refractivity contribution in [1.82, 2.24) is 10.2 Å². The maximum atomic E-state index is 3.64. The monoisotopic (exact) mass is 258 g/mol. The standard InChI is InChI=1S/C14H30N2S/c1-12(2,3)17-9-8-16-11-13(4,5)15-10-14(16,6)7/h15H,8-11H2,1-7H3. The summed E-state index contributed by atoms with van der Waals surface area (Å²) >= 11 is 2.07. The highest BCUT2D eigenvalue weighted by atomic mass is 32.2. The zero-order valence-electron chi connectivity index (χ0n) is 12.7. The Kier molecular flexibility index (Phi) is 4.60. The zero-order chi connectivity index (χ0) is 13.3. The molecule has 0 spiro atoms. The van der Waals surface area contributed by atoms with Crippen LogP contribution in [0.25, 0.3) is 0 Å². The molecular formula is C14H30N2S. The predicted molar refractivity (Wildman–Crippen MR) is 79.9 cm³/mol. The lowest BCUT2D eigenvalue weighted by atomic mass is 9.92. The van der Waals surface area contributed by atoms with Crippen molar-refractivity contribution >= 4 is 11.8 Å². The third-order valence-electron chi connectivity index (χ3n) is 3.34. The Bertz CT molecular complexity index is 253. The van der Waals surface area contributed by atoms with Gasteiger partial charge in [-0.15, -0.1) is 0 Å². The molecule has 1 saturated heterocycles. The summed E-state index contributed by atoms with van der Waals surface area (Å²) in [5.74, 6) is 1.23. The summed E-state index contributed by atoms with van der Waals surface area (Å²) in [6, 6.07) is 0. The first kappa shape index (κ1) is 15.3. The lowest BCUT2D eigenvalue weighted by Crippen LogP contribution is -2.66. The molecule has 1 N–H and O–H groups in total. The van der Waals surface area contributed by atoms with Crippen molar-refractivity contribution in [2.75, 3.05) is 25.4 Å². The first-order valence-corrected chi connectivity index (χ1v) is 7.65. The lowest BCUT2D eigenvalue weighted by molar-refractivity contribution is 0.0453. The summed E-state index contributed by atoms with van der Waals surface area (Å²) in [7, 11) is 0. The molecule has 0 atom stereocenters. The molecule has 0 bridgehead atoms. The van der Waals surface area contributed by atoms with Crippen LogP contribution < -0.4 is 5.32 Å². The van der Waals surface area contributed by atoms with Crippen molar-refractivity contribution in [3.63, 3.8) is 0 Å². The van der Waals surface area contributed by atoms with Gasteiger partial charge in [0.1, 0.15) is 0 Å². The molecule has 1 fully saturated rings. The highest BCUT2D eigenvalue weighted by molar-refractivity contribution is 8.00. The fourth-order valence-electron chi connectivity index (χ4n) is 2.16. The minimum atomic E-state index is 0.252. The second-order valence-corrected chi connectivity index (χ2v) is 9.35. The van der Waals surface area contributed by atoms with Crippen molar-refractivity contribution in [1.29, 1.82) is 0 Å². The molecule has 1 rings (SSSR count). The summed E-state index contributed by atoms with van der Waals surface area (Å²) < 4.78 is 0.383. The van der Waals surface area contributed by atoms with Gasteiger partial charge in [-0.1, -0.05) is 20.8 Å². The number of nitrogens with one attached hydrogen (secondary N) is 1. The molecule has 0 aromatic heterocycles. The summed E-state index contributed by atoms with van der Waals surface area (Å²) in [6.45, 7) is 19.6. The van der Waals surface area contributed by atoms with E-state index in [1.54, 1.807) is 0 Å². The van der Waals surface area contributed by atoms with Crippen molar-refractivity contribution in [2.45, 2.75) is 64.3 Å². The van der Waals surface area contributed by atoms with E-state index < -0.39 is 0 Å². The maximum Gasteiger partial charge on any atom is 0.0278 e. The number of hydrogen-bond acceptors (Lipinski definition) is 3. The highest BCUT2D eigenvalue weighted by Crippen LogP contribution is 2.27. The van der Waals surface area contributed by atoms with Crippen LogP contribution in [-0.4, -0.2) is 46.1 Å². The second-order valence-electron chi connectivity index (χ2n) is 7.43. The normalized spacial score (nSPS) is 24.9. The van der Waals surface area contributed by atoms with Gasteiger partial charge >= 0.3 is 0 Å². The van der Waals surface area contributed by atoms with Gasteiger partial charge in [0.15, 0.2) is 0 Å². The molecule has 0 aromatic rings. The Morgan fingerprint density at radius 2 is 1.76 bits per heavy atom. The quantitative estimate of drug-likeness (QED) is 0.838. The van der Waals surface area contributed by atoms with Gasteiger partial charge in [0.25, 0.3) is 0 Å². The van der Waals surface area contributed by atoms with E-state index in [0.717, 1.165) is 13.1 Å². The van der Waals surface area contributed by atoms with E-state index in [2.05, 4.69) is 70.4 Å². The predicted octanol–water partition coefficient (Wildman–Crippen LogP) is 2.98. The average molecular weight is 258 g/mol. The number of thioether (sulfide) groups is 1. The van der Waals surface area contributed by atoms with Gasteiger partial charge in [0, 0.05) is 41.2 Å². The molecule has 102 valence electrons. The smallest absolute Gasteiger partial charge is 0.0278 e. The largest absolute Gasteiger partial charge is 0.309 e. The van der Waals surface area contributed by atoms with Gasteiger partial charge in [-0.2, -0.15) is 11.8 Å². The van der Waals surface area contributed by atoms with E-state index in [4.69, 9.17) is 0 Å². The molecule has 0 unspecified atom stereocenters. The van der Waals surface area contributed by atoms with Gasteiger partial charge < -0.3 is 5.32 Å².